The molecule has 2 aromatic rings. The fourth-order valence-corrected chi connectivity index (χ4v) is 3.42. The third-order valence-corrected chi connectivity index (χ3v) is 4.62. The van der Waals surface area contributed by atoms with Crippen LogP contribution >= 0.6 is 23.1 Å². The summed E-state index contributed by atoms with van der Waals surface area (Å²) in [6, 6.07) is 8.17. The molecule has 0 aliphatic rings. The van der Waals surface area contributed by atoms with Crippen LogP contribution in [0, 0.1) is 0 Å². The van der Waals surface area contributed by atoms with Gasteiger partial charge in [-0.3, -0.25) is 0 Å². The Labute approximate surface area is 115 Å². The molecule has 2 N–H and O–H groups in total. The molecule has 1 aromatic carbocycles. The molecular formula is C12H16N4S2. The molecule has 0 radical (unpaired) electrons. The Morgan fingerprint density at radius 3 is 2.61 bits per heavy atom. The van der Waals surface area contributed by atoms with E-state index in [1.165, 1.54) is 0 Å². The van der Waals surface area contributed by atoms with Crippen LogP contribution in [0.2, 0.25) is 0 Å². The Morgan fingerprint density at radius 1 is 1.28 bits per heavy atom. The van der Waals surface area contributed by atoms with Crippen molar-refractivity contribution in [3.05, 3.63) is 29.8 Å². The predicted molar refractivity (Wildman–Crippen MR) is 77.4 cm³/mol. The number of rotatable bonds is 4. The van der Waals surface area contributed by atoms with Crippen molar-refractivity contribution in [3.63, 3.8) is 0 Å². The summed E-state index contributed by atoms with van der Waals surface area (Å²) in [6.07, 6.45) is 0. The van der Waals surface area contributed by atoms with Crippen molar-refractivity contribution in [3.8, 4) is 0 Å². The molecule has 1 aromatic heterocycles. The molecule has 96 valence electrons. The summed E-state index contributed by atoms with van der Waals surface area (Å²) in [7, 11) is 3.93. The van der Waals surface area contributed by atoms with Crippen molar-refractivity contribution >= 4 is 28.2 Å². The normalized spacial score (nSPS) is 12.4. The van der Waals surface area contributed by atoms with Gasteiger partial charge in [-0.2, -0.15) is 0 Å². The molecular weight excluding hydrogens is 264 g/mol. The molecule has 0 saturated heterocycles. The smallest absolute Gasteiger partial charge is 0.208 e. The van der Waals surface area contributed by atoms with Crippen LogP contribution in [0.5, 0.6) is 0 Å². The van der Waals surface area contributed by atoms with E-state index in [4.69, 9.17) is 5.73 Å². The standard InChI is InChI=1S/C12H16N4S2/c1-8(13)9-6-4-5-7-10(9)17-12-15-14-11(18-12)16(2)3/h4-8H,13H2,1-3H3/t8-/m0/s1. The molecule has 18 heavy (non-hydrogen) atoms. The third-order valence-electron chi connectivity index (χ3n) is 2.39. The maximum absolute atomic E-state index is 5.97. The molecule has 0 spiro atoms. The molecule has 0 unspecified atom stereocenters. The average Bonchev–Trinajstić information content (AvgIpc) is 2.78. The number of hydrogen-bond donors (Lipinski definition) is 1. The van der Waals surface area contributed by atoms with Gasteiger partial charge in [0.1, 0.15) is 0 Å². The van der Waals surface area contributed by atoms with Gasteiger partial charge in [0, 0.05) is 25.0 Å². The van der Waals surface area contributed by atoms with E-state index in [9.17, 15) is 0 Å². The van der Waals surface area contributed by atoms with Crippen LogP contribution in [0.15, 0.2) is 33.5 Å². The minimum absolute atomic E-state index is 0.0231. The number of nitrogens with zero attached hydrogens (tertiary/aromatic N) is 3. The molecule has 0 amide bonds. The summed E-state index contributed by atoms with van der Waals surface area (Å²) >= 11 is 3.20. The van der Waals surface area contributed by atoms with Crippen molar-refractivity contribution in [1.82, 2.24) is 10.2 Å². The molecule has 4 nitrogen and oxygen atoms in total. The lowest BCUT2D eigenvalue weighted by atomic mass is 10.1. The highest BCUT2D eigenvalue weighted by molar-refractivity contribution is 8.01. The van der Waals surface area contributed by atoms with Crippen molar-refractivity contribution in [1.29, 1.82) is 0 Å². The van der Waals surface area contributed by atoms with Crippen molar-refractivity contribution in [2.45, 2.75) is 22.2 Å². The summed E-state index contributed by atoms with van der Waals surface area (Å²) < 4.78 is 0.937. The van der Waals surface area contributed by atoms with Crippen LogP contribution in [-0.2, 0) is 0 Å². The Kier molecular flexibility index (Phi) is 4.21. The summed E-state index contributed by atoms with van der Waals surface area (Å²) in [6.45, 7) is 1.99. The number of anilines is 1. The second-order valence-electron chi connectivity index (χ2n) is 4.17. The van der Waals surface area contributed by atoms with Gasteiger partial charge in [0.05, 0.1) is 0 Å². The SMILES string of the molecule is C[C@H](N)c1ccccc1Sc1nnc(N(C)C)s1. The highest BCUT2D eigenvalue weighted by Crippen LogP contribution is 2.35. The summed E-state index contributed by atoms with van der Waals surface area (Å²) in [5, 5.41) is 9.22. The van der Waals surface area contributed by atoms with E-state index in [2.05, 4.69) is 22.3 Å². The second-order valence-corrected chi connectivity index (χ2v) is 6.42. The molecule has 2 rings (SSSR count). The van der Waals surface area contributed by atoms with Crippen molar-refractivity contribution in [2.24, 2.45) is 5.73 Å². The Morgan fingerprint density at radius 2 is 2.00 bits per heavy atom. The third kappa shape index (κ3) is 3.01. The highest BCUT2D eigenvalue weighted by Gasteiger charge is 2.11. The molecule has 1 heterocycles. The zero-order chi connectivity index (χ0) is 13.1. The van der Waals surface area contributed by atoms with Gasteiger partial charge in [-0.25, -0.2) is 0 Å². The van der Waals surface area contributed by atoms with Gasteiger partial charge < -0.3 is 10.6 Å². The van der Waals surface area contributed by atoms with Gasteiger partial charge in [-0.05, 0) is 18.6 Å². The molecule has 1 atom stereocenters. The quantitative estimate of drug-likeness (QED) is 0.933. The van der Waals surface area contributed by atoms with E-state index < -0.39 is 0 Å². The molecule has 0 aliphatic heterocycles. The lowest BCUT2D eigenvalue weighted by Gasteiger charge is -2.10. The van der Waals surface area contributed by atoms with Crippen molar-refractivity contribution in [2.75, 3.05) is 19.0 Å². The molecule has 6 heteroatoms. The fraction of sp³-hybridized carbons (Fsp3) is 0.333. The first-order valence-electron chi connectivity index (χ1n) is 5.61. The van der Waals surface area contributed by atoms with Gasteiger partial charge in [-0.1, -0.05) is 41.3 Å². The summed E-state index contributed by atoms with van der Waals surface area (Å²) in [5.74, 6) is 0. The average molecular weight is 280 g/mol. The summed E-state index contributed by atoms with van der Waals surface area (Å²) in [4.78, 5) is 3.10. The largest absolute Gasteiger partial charge is 0.353 e. The first kappa shape index (κ1) is 13.3. The minimum Gasteiger partial charge on any atom is -0.353 e. The minimum atomic E-state index is 0.0231. The fourth-order valence-electron chi connectivity index (χ4n) is 1.47. The molecule has 0 aliphatic carbocycles. The van der Waals surface area contributed by atoms with Crippen LogP contribution in [0.25, 0.3) is 0 Å². The van der Waals surface area contributed by atoms with Gasteiger partial charge in [-0.15, -0.1) is 10.2 Å². The second kappa shape index (κ2) is 5.69. The lowest BCUT2D eigenvalue weighted by molar-refractivity contribution is 0.797. The van der Waals surface area contributed by atoms with Gasteiger partial charge in [0.2, 0.25) is 5.13 Å². The topological polar surface area (TPSA) is 55.0 Å². The molecule has 0 fully saturated rings. The number of nitrogens with two attached hydrogens (primary N) is 1. The summed E-state index contributed by atoms with van der Waals surface area (Å²) in [5.41, 5.74) is 7.11. The van der Waals surface area contributed by atoms with E-state index in [1.807, 2.05) is 38.1 Å². The maximum atomic E-state index is 5.97. The van der Waals surface area contributed by atoms with Crippen molar-refractivity contribution < 1.29 is 0 Å². The van der Waals surface area contributed by atoms with Gasteiger partial charge >= 0.3 is 0 Å². The first-order valence-corrected chi connectivity index (χ1v) is 7.24. The monoisotopic (exact) mass is 280 g/mol. The van der Waals surface area contributed by atoms with Crippen LogP contribution in [0.3, 0.4) is 0 Å². The van der Waals surface area contributed by atoms with E-state index in [1.54, 1.807) is 23.1 Å². The van der Waals surface area contributed by atoms with E-state index in [0.717, 1.165) is 19.9 Å². The van der Waals surface area contributed by atoms with Crippen LogP contribution in [0.4, 0.5) is 5.13 Å². The lowest BCUT2D eigenvalue weighted by Crippen LogP contribution is -2.07. The molecule has 0 bridgehead atoms. The zero-order valence-electron chi connectivity index (χ0n) is 10.6. The Bertz CT molecular complexity index is 522. The first-order chi connectivity index (χ1) is 8.58. The van der Waals surface area contributed by atoms with Crippen LogP contribution in [-0.4, -0.2) is 24.3 Å². The predicted octanol–water partition coefficient (Wildman–Crippen LogP) is 2.78. The maximum Gasteiger partial charge on any atom is 0.208 e. The van der Waals surface area contributed by atoms with Gasteiger partial charge in [0.25, 0.3) is 0 Å². The van der Waals surface area contributed by atoms with E-state index >= 15 is 0 Å². The molecule has 0 saturated carbocycles. The zero-order valence-corrected chi connectivity index (χ0v) is 12.3. The number of aromatic nitrogens is 2. The van der Waals surface area contributed by atoms with E-state index in [0.29, 0.717) is 0 Å². The van der Waals surface area contributed by atoms with Crippen LogP contribution < -0.4 is 10.6 Å². The van der Waals surface area contributed by atoms with E-state index in [-0.39, 0.29) is 6.04 Å². The Balaban J connectivity index is 2.23. The number of benzene rings is 1. The van der Waals surface area contributed by atoms with Gasteiger partial charge in [0.15, 0.2) is 4.34 Å². The van der Waals surface area contributed by atoms with Crippen LogP contribution in [0.1, 0.15) is 18.5 Å². The number of hydrogen-bond acceptors (Lipinski definition) is 6. The highest BCUT2D eigenvalue weighted by atomic mass is 32.2. The Hall–Kier alpha value is -1.11.